The molecule has 1 aliphatic heterocycles. The molecule has 0 aromatic heterocycles. The van der Waals surface area contributed by atoms with E-state index in [-0.39, 0.29) is 11.8 Å². The van der Waals surface area contributed by atoms with Gasteiger partial charge in [0.05, 0.1) is 7.11 Å². The Bertz CT molecular complexity index is 218. The van der Waals surface area contributed by atoms with E-state index in [1.807, 2.05) is 0 Å². The molecular formula is C8H11NO2. The van der Waals surface area contributed by atoms with Crippen LogP contribution in [0.2, 0.25) is 0 Å². The molecule has 1 N–H and O–H groups in total. The van der Waals surface area contributed by atoms with Crippen molar-refractivity contribution in [2.75, 3.05) is 7.11 Å². The van der Waals surface area contributed by atoms with E-state index in [0.29, 0.717) is 5.88 Å². The average molecular weight is 153 g/mol. The van der Waals surface area contributed by atoms with E-state index in [0.717, 1.165) is 0 Å². The molecule has 0 spiro atoms. The molecule has 1 rings (SSSR count). The van der Waals surface area contributed by atoms with Crippen molar-refractivity contribution in [3.63, 3.8) is 0 Å². The third-order valence-electron chi connectivity index (χ3n) is 1.51. The van der Waals surface area contributed by atoms with Gasteiger partial charge in [-0.2, -0.15) is 0 Å². The van der Waals surface area contributed by atoms with E-state index in [9.17, 15) is 4.79 Å². The molecule has 60 valence electrons. The van der Waals surface area contributed by atoms with Gasteiger partial charge in [0.15, 0.2) is 11.7 Å². The highest BCUT2D eigenvalue weighted by atomic mass is 16.5. The molecule has 11 heavy (non-hydrogen) atoms. The first kappa shape index (κ1) is 7.85. The lowest BCUT2D eigenvalue weighted by Gasteiger charge is -2.17. The van der Waals surface area contributed by atoms with Crippen LogP contribution in [0, 0.1) is 0 Å². The zero-order valence-corrected chi connectivity index (χ0v) is 6.63. The van der Waals surface area contributed by atoms with Crippen molar-refractivity contribution in [2.45, 2.75) is 13.0 Å². The summed E-state index contributed by atoms with van der Waals surface area (Å²) in [6.07, 6.45) is 5.38. The number of hydrogen-bond acceptors (Lipinski definition) is 3. The summed E-state index contributed by atoms with van der Waals surface area (Å²) in [6, 6.07) is -0.227. The van der Waals surface area contributed by atoms with Gasteiger partial charge in [-0.05, 0) is 13.0 Å². The van der Waals surface area contributed by atoms with Gasteiger partial charge < -0.3 is 10.1 Å². The Balaban J connectivity index is 2.62. The molecule has 1 aliphatic rings. The van der Waals surface area contributed by atoms with Crippen LogP contribution < -0.4 is 5.32 Å². The van der Waals surface area contributed by atoms with Crippen molar-refractivity contribution >= 4 is 5.78 Å². The van der Waals surface area contributed by atoms with Crippen molar-refractivity contribution in [3.05, 3.63) is 24.1 Å². The van der Waals surface area contributed by atoms with Gasteiger partial charge in [-0.1, -0.05) is 12.2 Å². The predicted octanol–water partition coefficient (Wildman–Crippen LogP) is 0.591. The number of hydrogen-bond donors (Lipinski definition) is 1. The van der Waals surface area contributed by atoms with Gasteiger partial charge in [-0.3, -0.25) is 4.79 Å². The number of allylic oxidation sites excluding steroid dienone is 2. The molecule has 1 unspecified atom stereocenters. The maximum Gasteiger partial charge on any atom is 0.187 e. The van der Waals surface area contributed by atoms with E-state index in [2.05, 4.69) is 5.32 Å². The monoisotopic (exact) mass is 153 g/mol. The van der Waals surface area contributed by atoms with Gasteiger partial charge in [-0.25, -0.2) is 0 Å². The van der Waals surface area contributed by atoms with Gasteiger partial charge in [0, 0.05) is 0 Å². The largest absolute Gasteiger partial charge is 0.483 e. The Kier molecular flexibility index (Phi) is 2.31. The van der Waals surface area contributed by atoms with Crippen LogP contribution in [0.5, 0.6) is 0 Å². The van der Waals surface area contributed by atoms with Crippen molar-refractivity contribution in [1.82, 2.24) is 5.32 Å². The second-order valence-electron chi connectivity index (χ2n) is 2.35. The zero-order valence-electron chi connectivity index (χ0n) is 6.63. The third kappa shape index (κ3) is 1.83. The first-order valence-electron chi connectivity index (χ1n) is 3.43. The summed E-state index contributed by atoms with van der Waals surface area (Å²) in [5.41, 5.74) is 0. The fourth-order valence-electron chi connectivity index (χ4n) is 0.868. The number of nitrogens with one attached hydrogen (secondary N) is 1. The minimum atomic E-state index is -0.227. The minimum absolute atomic E-state index is 0.0869. The number of carbonyl (C=O) groups excluding carboxylic acids is 1. The zero-order chi connectivity index (χ0) is 8.27. The fraction of sp³-hybridized carbons (Fsp3) is 0.375. The Morgan fingerprint density at radius 2 is 2.45 bits per heavy atom. The maximum atomic E-state index is 10.9. The van der Waals surface area contributed by atoms with Crippen LogP contribution >= 0.6 is 0 Å². The van der Waals surface area contributed by atoms with Gasteiger partial charge in [0.2, 0.25) is 0 Å². The van der Waals surface area contributed by atoms with Crippen LogP contribution in [0.15, 0.2) is 24.1 Å². The van der Waals surface area contributed by atoms with E-state index in [4.69, 9.17) is 4.74 Å². The highest BCUT2D eigenvalue weighted by molar-refractivity contribution is 5.84. The number of ether oxygens (including phenoxy) is 1. The summed E-state index contributed by atoms with van der Waals surface area (Å²) in [5, 5.41) is 2.91. The van der Waals surface area contributed by atoms with E-state index in [1.54, 1.807) is 32.3 Å². The molecule has 0 fully saturated rings. The van der Waals surface area contributed by atoms with Crippen molar-refractivity contribution < 1.29 is 9.53 Å². The van der Waals surface area contributed by atoms with Crippen molar-refractivity contribution in [1.29, 1.82) is 0 Å². The van der Waals surface area contributed by atoms with Gasteiger partial charge in [0.25, 0.3) is 0 Å². The molecule has 0 amide bonds. The van der Waals surface area contributed by atoms with Crippen LogP contribution in [-0.2, 0) is 9.53 Å². The molecule has 3 nitrogen and oxygen atoms in total. The second-order valence-corrected chi connectivity index (χ2v) is 2.35. The molecule has 0 bridgehead atoms. The minimum Gasteiger partial charge on any atom is -0.483 e. The molecular weight excluding hydrogens is 142 g/mol. The van der Waals surface area contributed by atoms with Crippen LogP contribution in [0.4, 0.5) is 0 Å². The summed E-state index contributed by atoms with van der Waals surface area (Å²) in [6.45, 7) is 1.54. The topological polar surface area (TPSA) is 38.3 Å². The number of ketones is 1. The third-order valence-corrected chi connectivity index (χ3v) is 1.51. The van der Waals surface area contributed by atoms with E-state index in [1.165, 1.54) is 0 Å². The van der Waals surface area contributed by atoms with Crippen LogP contribution in [0.3, 0.4) is 0 Å². The summed E-state index contributed by atoms with van der Waals surface area (Å²) >= 11 is 0. The predicted molar refractivity (Wildman–Crippen MR) is 41.8 cm³/mol. The number of rotatable bonds is 2. The smallest absolute Gasteiger partial charge is 0.187 e. The van der Waals surface area contributed by atoms with Crippen LogP contribution in [0.1, 0.15) is 6.92 Å². The molecule has 0 aromatic rings. The molecule has 0 aromatic carbocycles. The fourth-order valence-corrected chi connectivity index (χ4v) is 0.868. The normalized spacial score (nSPS) is 22.0. The maximum absolute atomic E-state index is 10.9. The van der Waals surface area contributed by atoms with Gasteiger partial charge in [-0.15, -0.1) is 0 Å². The number of Topliss-reactive ketones (excluding diaryl/α,β-unsaturated/α-hetero) is 1. The summed E-state index contributed by atoms with van der Waals surface area (Å²) in [7, 11) is 1.56. The van der Waals surface area contributed by atoms with Crippen LogP contribution in [-0.4, -0.2) is 18.9 Å². The van der Waals surface area contributed by atoms with Gasteiger partial charge in [0.1, 0.15) is 6.04 Å². The quantitative estimate of drug-likeness (QED) is 0.631. The Labute approximate surface area is 65.7 Å². The number of dihydropyridines is 1. The SMILES string of the molecule is COC1=CC=CC(C(C)=O)N1. The van der Waals surface area contributed by atoms with E-state index < -0.39 is 0 Å². The van der Waals surface area contributed by atoms with Crippen molar-refractivity contribution in [2.24, 2.45) is 0 Å². The molecule has 0 saturated heterocycles. The Morgan fingerprint density at radius 1 is 1.73 bits per heavy atom. The lowest BCUT2D eigenvalue weighted by atomic mass is 10.1. The molecule has 3 heteroatoms. The highest BCUT2D eigenvalue weighted by Crippen LogP contribution is 2.02. The summed E-state index contributed by atoms with van der Waals surface area (Å²) in [5.74, 6) is 0.719. The highest BCUT2D eigenvalue weighted by Gasteiger charge is 2.13. The lowest BCUT2D eigenvalue weighted by Crippen LogP contribution is -2.34. The standard InChI is InChI=1S/C8H11NO2/c1-6(10)7-4-3-5-8(9-7)11-2/h3-5,7,9H,1-2H3. The Morgan fingerprint density at radius 3 is 3.00 bits per heavy atom. The molecule has 0 saturated carbocycles. The van der Waals surface area contributed by atoms with E-state index >= 15 is 0 Å². The molecule has 0 radical (unpaired) electrons. The number of carbonyl (C=O) groups is 1. The summed E-state index contributed by atoms with van der Waals surface area (Å²) in [4.78, 5) is 10.9. The van der Waals surface area contributed by atoms with Gasteiger partial charge >= 0.3 is 0 Å². The average Bonchev–Trinajstić information content (AvgIpc) is 2.05. The molecule has 1 atom stereocenters. The first-order chi connectivity index (χ1) is 5.24. The first-order valence-corrected chi connectivity index (χ1v) is 3.43. The second kappa shape index (κ2) is 3.23. The van der Waals surface area contributed by atoms with Crippen molar-refractivity contribution in [3.8, 4) is 0 Å². The Hall–Kier alpha value is -1.25. The molecule has 1 heterocycles. The number of methoxy groups -OCH3 is 1. The lowest BCUT2D eigenvalue weighted by molar-refractivity contribution is -0.118. The summed E-state index contributed by atoms with van der Waals surface area (Å²) < 4.78 is 4.92. The molecule has 0 aliphatic carbocycles. The van der Waals surface area contributed by atoms with Crippen LogP contribution in [0.25, 0.3) is 0 Å².